The first kappa shape index (κ1) is 10.3. The molecule has 0 aromatic heterocycles. The molecule has 7 heteroatoms. The van der Waals surface area contributed by atoms with Crippen molar-refractivity contribution in [2.75, 3.05) is 12.9 Å². The minimum absolute atomic E-state index is 0.598. The lowest BCUT2D eigenvalue weighted by Gasteiger charge is -2.05. The Bertz CT molecular complexity index is 234. The van der Waals surface area contributed by atoms with E-state index in [2.05, 4.69) is 9.88 Å². The Balaban J connectivity index is 4.09. The highest BCUT2D eigenvalue weighted by molar-refractivity contribution is 7.89. The summed E-state index contributed by atoms with van der Waals surface area (Å²) in [6.07, 6.45) is 0. The maximum Gasteiger partial charge on any atom is 0.323 e. The van der Waals surface area contributed by atoms with Crippen LogP contribution in [0.15, 0.2) is 0 Å². The van der Waals surface area contributed by atoms with E-state index >= 15 is 0 Å². The molecule has 0 fully saturated rings. The summed E-state index contributed by atoms with van der Waals surface area (Å²) in [5, 5.41) is 4.61. The summed E-state index contributed by atoms with van der Waals surface area (Å²) in [6.45, 7) is 0. The molecule has 0 heterocycles. The van der Waals surface area contributed by atoms with E-state index < -0.39 is 27.8 Å². The lowest BCUT2D eigenvalue weighted by Crippen LogP contribution is -2.40. The summed E-state index contributed by atoms with van der Waals surface area (Å²) >= 11 is 0. The normalized spacial score (nSPS) is 14.1. The van der Waals surface area contributed by atoms with E-state index in [-0.39, 0.29) is 0 Å². The van der Waals surface area contributed by atoms with E-state index in [1.54, 1.807) is 0 Å². The molecule has 0 bridgehead atoms. The van der Waals surface area contributed by atoms with Crippen LogP contribution in [-0.2, 0) is 19.6 Å². The molecule has 11 heavy (non-hydrogen) atoms. The van der Waals surface area contributed by atoms with E-state index in [1.807, 2.05) is 0 Å². The first-order chi connectivity index (χ1) is 4.87. The molecule has 0 aliphatic heterocycles. The molecule has 1 atom stereocenters. The van der Waals surface area contributed by atoms with Crippen molar-refractivity contribution in [1.29, 1.82) is 0 Å². The first-order valence-electron chi connectivity index (χ1n) is 2.70. The number of hydrogen-bond acceptors (Lipinski definition) is 5. The maximum atomic E-state index is 10.5. The average Bonchev–Trinajstić information content (AvgIpc) is 1.82. The highest BCUT2D eigenvalue weighted by Crippen LogP contribution is 1.87. The second-order valence-corrected chi connectivity index (χ2v) is 3.62. The van der Waals surface area contributed by atoms with Crippen molar-refractivity contribution >= 4 is 16.0 Å². The number of ether oxygens (including phenoxy) is 1. The number of carbonyl (C=O) groups is 1. The molecule has 0 rings (SSSR count). The van der Waals surface area contributed by atoms with Gasteiger partial charge in [-0.1, -0.05) is 0 Å². The smallest absolute Gasteiger partial charge is 0.323 e. The zero-order valence-corrected chi connectivity index (χ0v) is 6.80. The number of methoxy groups -OCH3 is 1. The number of hydrogen-bond donors (Lipinski definition) is 2. The molecule has 0 spiro atoms. The molecule has 6 nitrogen and oxygen atoms in total. The second-order valence-electron chi connectivity index (χ2n) is 1.96. The van der Waals surface area contributed by atoms with E-state index in [0.717, 1.165) is 7.11 Å². The third kappa shape index (κ3) is 4.71. The topological polar surface area (TPSA) is 112 Å². The van der Waals surface area contributed by atoms with Crippen LogP contribution in [0.3, 0.4) is 0 Å². The van der Waals surface area contributed by atoms with Crippen LogP contribution < -0.4 is 10.9 Å². The minimum Gasteiger partial charge on any atom is -0.468 e. The lowest BCUT2D eigenvalue weighted by atomic mass is 10.4. The first-order valence-corrected chi connectivity index (χ1v) is 4.42. The van der Waals surface area contributed by atoms with E-state index in [4.69, 9.17) is 5.73 Å². The summed E-state index contributed by atoms with van der Waals surface area (Å²) < 4.78 is 24.9. The molecule has 0 aromatic carbocycles. The molecule has 66 valence electrons. The van der Waals surface area contributed by atoms with Gasteiger partial charge < -0.3 is 10.5 Å². The van der Waals surface area contributed by atoms with Crippen LogP contribution in [0.25, 0.3) is 0 Å². The summed E-state index contributed by atoms with van der Waals surface area (Å²) in [6, 6.07) is -1.20. The number of esters is 1. The Morgan fingerprint density at radius 1 is 1.64 bits per heavy atom. The number of sulfonamides is 1. The second kappa shape index (κ2) is 3.65. The van der Waals surface area contributed by atoms with Crippen LogP contribution in [0.5, 0.6) is 0 Å². The predicted molar refractivity (Wildman–Crippen MR) is 38.0 cm³/mol. The molecular formula is C4H10N2O4S. The quantitative estimate of drug-likeness (QED) is 0.480. The van der Waals surface area contributed by atoms with Gasteiger partial charge in [-0.15, -0.1) is 0 Å². The van der Waals surface area contributed by atoms with Crippen LogP contribution in [0.1, 0.15) is 0 Å². The zero-order chi connectivity index (χ0) is 9.07. The van der Waals surface area contributed by atoms with Crippen molar-refractivity contribution in [2.24, 2.45) is 10.9 Å². The van der Waals surface area contributed by atoms with Crippen LogP contribution in [0.4, 0.5) is 0 Å². The van der Waals surface area contributed by atoms with Gasteiger partial charge >= 0.3 is 5.97 Å². The Hall–Kier alpha value is -0.660. The largest absolute Gasteiger partial charge is 0.468 e. The number of rotatable bonds is 3. The molecule has 0 saturated heterocycles. The number of carbonyl (C=O) groups excluding carboxylic acids is 1. The Morgan fingerprint density at radius 2 is 2.09 bits per heavy atom. The monoisotopic (exact) mass is 182 g/mol. The van der Waals surface area contributed by atoms with Gasteiger partial charge in [0.1, 0.15) is 6.04 Å². The summed E-state index contributed by atoms with van der Waals surface area (Å²) in [5.74, 6) is -1.39. The standard InChI is InChI=1S/C4H10N2O4S/c1-10-4(7)3(5)2-11(6,8)9/h3H,2,5H2,1H3,(H2,6,8,9). The lowest BCUT2D eigenvalue weighted by molar-refractivity contribution is -0.141. The Kier molecular flexibility index (Phi) is 3.43. The van der Waals surface area contributed by atoms with Crippen LogP contribution in [-0.4, -0.2) is 33.3 Å². The highest BCUT2D eigenvalue weighted by Gasteiger charge is 2.19. The van der Waals surface area contributed by atoms with Crippen molar-refractivity contribution in [3.63, 3.8) is 0 Å². The maximum absolute atomic E-state index is 10.5. The van der Waals surface area contributed by atoms with Gasteiger partial charge in [0.15, 0.2) is 0 Å². The van der Waals surface area contributed by atoms with Crippen molar-refractivity contribution in [3.05, 3.63) is 0 Å². The fourth-order valence-electron chi connectivity index (χ4n) is 0.470. The molecular weight excluding hydrogens is 172 g/mol. The van der Waals surface area contributed by atoms with Gasteiger partial charge in [0.05, 0.1) is 12.9 Å². The molecule has 0 radical (unpaired) electrons. The van der Waals surface area contributed by atoms with Gasteiger partial charge in [-0.3, -0.25) is 4.79 Å². The van der Waals surface area contributed by atoms with Gasteiger partial charge in [0.2, 0.25) is 10.0 Å². The number of nitrogens with two attached hydrogens (primary N) is 2. The van der Waals surface area contributed by atoms with Crippen LogP contribution in [0, 0.1) is 0 Å². The zero-order valence-electron chi connectivity index (χ0n) is 5.98. The predicted octanol–water partition coefficient (Wildman–Crippen LogP) is -2.22. The summed E-state index contributed by atoms with van der Waals surface area (Å²) in [4.78, 5) is 10.5. The Morgan fingerprint density at radius 3 is 2.36 bits per heavy atom. The van der Waals surface area contributed by atoms with E-state index in [0.29, 0.717) is 0 Å². The molecule has 0 aliphatic rings. The average molecular weight is 182 g/mol. The minimum atomic E-state index is -3.70. The SMILES string of the molecule is COC(=O)C(N)CS(N)(=O)=O. The molecule has 0 aliphatic carbocycles. The summed E-state index contributed by atoms with van der Waals surface area (Å²) in [5.41, 5.74) is 5.08. The fourth-order valence-corrected chi connectivity index (χ4v) is 1.11. The molecule has 0 amide bonds. The van der Waals surface area contributed by atoms with Crippen LogP contribution in [0.2, 0.25) is 0 Å². The van der Waals surface area contributed by atoms with Crippen LogP contribution >= 0.6 is 0 Å². The number of primary sulfonamides is 1. The highest BCUT2D eigenvalue weighted by atomic mass is 32.2. The van der Waals surface area contributed by atoms with Gasteiger partial charge in [-0.25, -0.2) is 13.6 Å². The summed E-state index contributed by atoms with van der Waals surface area (Å²) in [7, 11) is -2.59. The van der Waals surface area contributed by atoms with Crippen molar-refractivity contribution in [3.8, 4) is 0 Å². The van der Waals surface area contributed by atoms with Crippen molar-refractivity contribution in [2.45, 2.75) is 6.04 Å². The molecule has 0 aromatic rings. The molecule has 1 unspecified atom stereocenters. The van der Waals surface area contributed by atoms with Gasteiger partial charge in [-0.05, 0) is 0 Å². The molecule has 4 N–H and O–H groups in total. The molecule has 0 saturated carbocycles. The third-order valence-electron chi connectivity index (χ3n) is 0.916. The van der Waals surface area contributed by atoms with Crippen molar-refractivity contribution in [1.82, 2.24) is 0 Å². The van der Waals surface area contributed by atoms with Gasteiger partial charge in [0.25, 0.3) is 0 Å². The third-order valence-corrected chi connectivity index (χ3v) is 1.74. The van der Waals surface area contributed by atoms with E-state index in [1.165, 1.54) is 0 Å². The Labute approximate surface area is 64.5 Å². The fraction of sp³-hybridized carbons (Fsp3) is 0.750. The van der Waals surface area contributed by atoms with E-state index in [9.17, 15) is 13.2 Å². The van der Waals surface area contributed by atoms with Crippen molar-refractivity contribution < 1.29 is 17.9 Å². The van der Waals surface area contributed by atoms with Gasteiger partial charge in [0, 0.05) is 0 Å². The van der Waals surface area contributed by atoms with Gasteiger partial charge in [-0.2, -0.15) is 0 Å².